The van der Waals surface area contributed by atoms with E-state index in [1.54, 1.807) is 28.7 Å². The summed E-state index contributed by atoms with van der Waals surface area (Å²) < 4.78 is 3.45. The quantitative estimate of drug-likeness (QED) is 0.278. The van der Waals surface area contributed by atoms with Crippen molar-refractivity contribution < 1.29 is 9.59 Å². The first-order valence-corrected chi connectivity index (χ1v) is 12.1. The van der Waals surface area contributed by atoms with Crippen LogP contribution in [0.3, 0.4) is 0 Å². The van der Waals surface area contributed by atoms with Crippen LogP contribution in [0.2, 0.25) is 0 Å². The molecule has 0 aliphatic heterocycles. The predicted molar refractivity (Wildman–Crippen MR) is 137 cm³/mol. The molecule has 188 valence electrons. The second kappa shape index (κ2) is 11.0. The highest BCUT2D eigenvalue weighted by Gasteiger charge is 2.21. The fourth-order valence-corrected chi connectivity index (χ4v) is 4.06. The minimum absolute atomic E-state index is 0.251. The number of aromatic amines is 1. The first-order chi connectivity index (χ1) is 17.3. The highest BCUT2D eigenvalue weighted by Crippen LogP contribution is 2.25. The number of nitrogens with one attached hydrogen (secondary N) is 2. The van der Waals surface area contributed by atoms with E-state index < -0.39 is 0 Å². The van der Waals surface area contributed by atoms with Gasteiger partial charge in [0, 0.05) is 38.0 Å². The lowest BCUT2D eigenvalue weighted by Crippen LogP contribution is -2.29. The van der Waals surface area contributed by atoms with Gasteiger partial charge in [0.05, 0.1) is 23.6 Å². The molecule has 10 heteroatoms. The van der Waals surface area contributed by atoms with E-state index in [-0.39, 0.29) is 17.9 Å². The molecule has 4 rings (SSSR count). The van der Waals surface area contributed by atoms with Crippen molar-refractivity contribution in [2.75, 3.05) is 0 Å². The van der Waals surface area contributed by atoms with Crippen LogP contribution in [-0.4, -0.2) is 41.3 Å². The van der Waals surface area contributed by atoms with Crippen molar-refractivity contribution in [1.82, 2.24) is 34.8 Å². The molecule has 2 amide bonds. The normalized spacial score (nSPS) is 12.0. The van der Waals surface area contributed by atoms with Crippen molar-refractivity contribution in [3.8, 4) is 22.5 Å². The van der Waals surface area contributed by atoms with Crippen molar-refractivity contribution in [3.05, 3.63) is 66.0 Å². The van der Waals surface area contributed by atoms with Gasteiger partial charge < -0.3 is 16.0 Å². The largest absolute Gasteiger partial charge is 0.370 e. The Hall–Kier alpha value is -4.21. The molecule has 0 radical (unpaired) electrons. The molecule has 1 aromatic carbocycles. The summed E-state index contributed by atoms with van der Waals surface area (Å²) in [6.07, 6.45) is 7.10. The number of benzene rings is 1. The number of unbranched alkanes of at least 4 members (excludes halogenated alkanes) is 2. The number of carbonyl (C=O) groups excluding carboxylic acids is 2. The lowest BCUT2D eigenvalue weighted by Gasteiger charge is -2.16. The molecule has 4 aromatic rings. The summed E-state index contributed by atoms with van der Waals surface area (Å²) in [4.78, 5) is 31.9. The van der Waals surface area contributed by atoms with E-state index in [0.29, 0.717) is 24.4 Å². The average molecular weight is 489 g/mol. The molecule has 0 saturated carbocycles. The van der Waals surface area contributed by atoms with Crippen LogP contribution in [0.1, 0.15) is 60.2 Å². The molecule has 0 spiro atoms. The van der Waals surface area contributed by atoms with Gasteiger partial charge in [-0.3, -0.25) is 19.0 Å². The number of imidazole rings is 1. The standard InChI is InChI=1S/C26H32N8O2/c1-17-15-22(32-34(17)3)26(36)30-21(7-5-4-6-8-24(27)35)25-28-16-23(29-25)19-11-9-18(10-12-19)20-13-14-33(2)31-20/h9-16,21H,4-8H2,1-3H3,(H2,27,35)(H,28,29)(H,30,36)/t21-/m0/s1. The topological polar surface area (TPSA) is 137 Å². The van der Waals surface area contributed by atoms with Crippen LogP contribution in [-0.2, 0) is 18.9 Å². The number of hydrogen-bond acceptors (Lipinski definition) is 5. The summed E-state index contributed by atoms with van der Waals surface area (Å²) in [6, 6.07) is 11.5. The van der Waals surface area contributed by atoms with Gasteiger partial charge in [0.15, 0.2) is 0 Å². The van der Waals surface area contributed by atoms with Crippen LogP contribution in [0.5, 0.6) is 0 Å². The third-order valence-electron chi connectivity index (χ3n) is 6.20. The van der Waals surface area contributed by atoms with Gasteiger partial charge in [0.1, 0.15) is 11.5 Å². The molecular weight excluding hydrogens is 456 g/mol. The number of aromatic nitrogens is 6. The van der Waals surface area contributed by atoms with Crippen LogP contribution in [0, 0.1) is 6.92 Å². The van der Waals surface area contributed by atoms with Gasteiger partial charge in [-0.2, -0.15) is 10.2 Å². The van der Waals surface area contributed by atoms with E-state index >= 15 is 0 Å². The zero-order valence-electron chi connectivity index (χ0n) is 20.9. The summed E-state index contributed by atoms with van der Waals surface area (Å²) >= 11 is 0. The molecule has 10 nitrogen and oxygen atoms in total. The van der Waals surface area contributed by atoms with Gasteiger partial charge in [-0.15, -0.1) is 0 Å². The maximum Gasteiger partial charge on any atom is 0.272 e. The molecule has 0 saturated heterocycles. The number of rotatable bonds is 11. The van der Waals surface area contributed by atoms with Gasteiger partial charge in [-0.25, -0.2) is 4.98 Å². The van der Waals surface area contributed by atoms with Crippen molar-refractivity contribution in [2.24, 2.45) is 19.8 Å². The van der Waals surface area contributed by atoms with Gasteiger partial charge in [-0.1, -0.05) is 37.1 Å². The molecule has 1 atom stereocenters. The first kappa shape index (κ1) is 24.9. The number of hydrogen-bond donors (Lipinski definition) is 3. The minimum Gasteiger partial charge on any atom is -0.370 e. The SMILES string of the molecule is Cc1cc(C(=O)N[C@@H](CCCCCC(N)=O)c2ncc(-c3ccc(-c4ccn(C)n4)cc3)[nH]2)nn1C. The third-order valence-corrected chi connectivity index (χ3v) is 6.20. The van der Waals surface area contributed by atoms with Crippen molar-refractivity contribution in [3.63, 3.8) is 0 Å². The molecule has 3 aromatic heterocycles. The Kier molecular flexibility index (Phi) is 7.62. The molecule has 0 aliphatic rings. The minimum atomic E-state index is -0.324. The van der Waals surface area contributed by atoms with Crippen LogP contribution >= 0.6 is 0 Å². The maximum absolute atomic E-state index is 12.9. The fourth-order valence-electron chi connectivity index (χ4n) is 4.06. The number of nitrogens with zero attached hydrogens (tertiary/aromatic N) is 5. The zero-order valence-corrected chi connectivity index (χ0v) is 20.9. The van der Waals surface area contributed by atoms with Gasteiger partial charge in [0.2, 0.25) is 5.91 Å². The molecule has 3 heterocycles. The Morgan fingerprint density at radius 2 is 1.81 bits per heavy atom. The lowest BCUT2D eigenvalue weighted by molar-refractivity contribution is -0.118. The van der Waals surface area contributed by atoms with E-state index in [1.165, 1.54) is 0 Å². The Balaban J connectivity index is 1.49. The summed E-state index contributed by atoms with van der Waals surface area (Å²) in [5.74, 6) is 0.128. The summed E-state index contributed by atoms with van der Waals surface area (Å²) in [6.45, 7) is 1.90. The van der Waals surface area contributed by atoms with Gasteiger partial charge in [0.25, 0.3) is 5.91 Å². The smallest absolute Gasteiger partial charge is 0.272 e. The van der Waals surface area contributed by atoms with E-state index in [9.17, 15) is 9.59 Å². The van der Waals surface area contributed by atoms with E-state index in [2.05, 4.69) is 25.5 Å². The first-order valence-electron chi connectivity index (χ1n) is 12.1. The van der Waals surface area contributed by atoms with Gasteiger partial charge >= 0.3 is 0 Å². The van der Waals surface area contributed by atoms with Crippen LogP contribution in [0.4, 0.5) is 0 Å². The summed E-state index contributed by atoms with van der Waals surface area (Å²) in [7, 11) is 3.70. The second-order valence-corrected chi connectivity index (χ2v) is 9.02. The van der Waals surface area contributed by atoms with Crippen molar-refractivity contribution in [2.45, 2.75) is 45.1 Å². The molecule has 0 bridgehead atoms. The third kappa shape index (κ3) is 6.07. The number of carbonyl (C=O) groups is 2. The average Bonchev–Trinajstić information content (AvgIpc) is 3.59. The van der Waals surface area contributed by atoms with Crippen LogP contribution in [0.15, 0.2) is 48.8 Å². The maximum atomic E-state index is 12.9. The van der Waals surface area contributed by atoms with Crippen LogP contribution in [0.25, 0.3) is 22.5 Å². The number of aryl methyl sites for hydroxylation is 3. The van der Waals surface area contributed by atoms with Crippen molar-refractivity contribution in [1.29, 1.82) is 0 Å². The van der Waals surface area contributed by atoms with Gasteiger partial charge in [-0.05, 0) is 37.5 Å². The summed E-state index contributed by atoms with van der Waals surface area (Å²) in [5.41, 5.74) is 10.3. The molecule has 36 heavy (non-hydrogen) atoms. The molecule has 0 fully saturated rings. The van der Waals surface area contributed by atoms with E-state index in [1.807, 2.05) is 50.5 Å². The molecular formula is C26H32N8O2. The molecule has 0 unspecified atom stereocenters. The Morgan fingerprint density at radius 1 is 1.06 bits per heavy atom. The highest BCUT2D eigenvalue weighted by molar-refractivity contribution is 5.92. The fraction of sp³-hybridized carbons (Fsp3) is 0.346. The van der Waals surface area contributed by atoms with Crippen molar-refractivity contribution >= 4 is 11.8 Å². The van der Waals surface area contributed by atoms with E-state index in [0.717, 1.165) is 47.5 Å². The monoisotopic (exact) mass is 488 g/mol. The highest BCUT2D eigenvalue weighted by atomic mass is 16.2. The predicted octanol–water partition coefficient (Wildman–Crippen LogP) is 3.43. The number of nitrogens with two attached hydrogens (primary N) is 1. The number of H-pyrrole nitrogens is 1. The second-order valence-electron chi connectivity index (χ2n) is 9.02. The summed E-state index contributed by atoms with van der Waals surface area (Å²) in [5, 5.41) is 11.8. The van der Waals surface area contributed by atoms with E-state index in [4.69, 9.17) is 5.73 Å². The van der Waals surface area contributed by atoms with Crippen LogP contribution < -0.4 is 11.1 Å². The molecule has 0 aliphatic carbocycles. The lowest BCUT2D eigenvalue weighted by atomic mass is 10.1. The molecule has 4 N–H and O–H groups in total. The number of primary amides is 1. The zero-order chi connectivity index (χ0) is 25.7. The Labute approximate surface area is 209 Å². The number of amides is 2. The Morgan fingerprint density at radius 3 is 2.44 bits per heavy atom. The Bertz CT molecular complexity index is 1310.